The lowest BCUT2D eigenvalue weighted by Crippen LogP contribution is -2.24. The summed E-state index contributed by atoms with van der Waals surface area (Å²) in [5.41, 5.74) is 0. The first-order valence-electron chi connectivity index (χ1n) is 4.06. The molecule has 1 aliphatic rings. The molecule has 0 N–H and O–H groups in total. The highest BCUT2D eigenvalue weighted by Gasteiger charge is 2.43. The molecule has 1 rings (SSSR count). The molecule has 0 radical (unpaired) electrons. The molecule has 3 atom stereocenters. The normalized spacial score (nSPS) is 33.5. The Morgan fingerprint density at radius 3 is 2.62 bits per heavy atom. The number of alkyl halides is 2. The van der Waals surface area contributed by atoms with Crippen LogP contribution in [0.25, 0.3) is 0 Å². The van der Waals surface area contributed by atoms with Crippen molar-refractivity contribution in [3.05, 3.63) is 0 Å². The van der Waals surface area contributed by atoms with E-state index in [9.17, 15) is 9.59 Å². The van der Waals surface area contributed by atoms with Gasteiger partial charge in [-0.15, -0.1) is 0 Å². The van der Waals surface area contributed by atoms with Crippen molar-refractivity contribution in [1.29, 1.82) is 0 Å². The number of ether oxygens (including phenoxy) is 1. The minimum Gasteiger partial charge on any atom is -0.465 e. The fourth-order valence-corrected chi connectivity index (χ4v) is 2.46. The van der Waals surface area contributed by atoms with Crippen molar-refractivity contribution in [3.63, 3.8) is 0 Å². The second-order valence-corrected chi connectivity index (χ2v) is 5.02. The molecule has 1 aliphatic carbocycles. The lowest BCUT2D eigenvalue weighted by molar-refractivity contribution is -0.150. The maximum Gasteiger partial charge on any atom is 0.316 e. The molecule has 3 nitrogen and oxygen atoms in total. The number of carbonyl (C=O) groups is 2. The second kappa shape index (κ2) is 4.55. The molecule has 0 aromatic carbocycles. The standard InChI is InChI=1S/C8H10Br2O3/c1-2-13-8(12)4-3-5(9)6(10)7(4)11/h4-6H,2-3H2,1H3/t4-,5+,6-/m1/s1. The van der Waals surface area contributed by atoms with Gasteiger partial charge < -0.3 is 4.74 Å². The van der Waals surface area contributed by atoms with Crippen molar-refractivity contribution in [2.45, 2.75) is 23.0 Å². The summed E-state index contributed by atoms with van der Waals surface area (Å²) in [6.07, 6.45) is 0.521. The maximum absolute atomic E-state index is 11.5. The van der Waals surface area contributed by atoms with Crippen molar-refractivity contribution in [3.8, 4) is 0 Å². The largest absolute Gasteiger partial charge is 0.465 e. The minimum atomic E-state index is -0.589. The van der Waals surface area contributed by atoms with Crippen molar-refractivity contribution in [2.24, 2.45) is 5.92 Å². The van der Waals surface area contributed by atoms with Crippen LogP contribution in [0.2, 0.25) is 0 Å². The molecular weight excluding hydrogens is 304 g/mol. The maximum atomic E-state index is 11.5. The van der Waals surface area contributed by atoms with E-state index in [2.05, 4.69) is 31.9 Å². The van der Waals surface area contributed by atoms with E-state index in [0.29, 0.717) is 13.0 Å². The van der Waals surface area contributed by atoms with Crippen LogP contribution in [0, 0.1) is 5.92 Å². The third-order valence-electron chi connectivity index (χ3n) is 1.96. The number of halogens is 2. The fourth-order valence-electron chi connectivity index (χ4n) is 1.29. The Kier molecular flexibility index (Phi) is 3.91. The third-order valence-corrected chi connectivity index (χ3v) is 4.67. The topological polar surface area (TPSA) is 43.4 Å². The molecule has 0 aromatic heterocycles. The molecule has 74 valence electrons. The molecule has 1 saturated carbocycles. The Bertz CT molecular complexity index is 229. The molecule has 5 heteroatoms. The van der Waals surface area contributed by atoms with E-state index in [1.54, 1.807) is 6.92 Å². The van der Waals surface area contributed by atoms with Gasteiger partial charge >= 0.3 is 5.97 Å². The Morgan fingerprint density at radius 2 is 2.23 bits per heavy atom. The molecule has 13 heavy (non-hydrogen) atoms. The summed E-state index contributed by atoms with van der Waals surface area (Å²) < 4.78 is 4.79. The van der Waals surface area contributed by atoms with Crippen LogP contribution in [0.15, 0.2) is 0 Å². The number of ketones is 1. The van der Waals surface area contributed by atoms with Gasteiger partial charge in [-0.3, -0.25) is 9.59 Å². The van der Waals surface area contributed by atoms with Gasteiger partial charge in [0.1, 0.15) is 5.92 Å². The summed E-state index contributed by atoms with van der Waals surface area (Å²) >= 11 is 6.55. The Balaban J connectivity index is 2.63. The Morgan fingerprint density at radius 1 is 1.62 bits per heavy atom. The van der Waals surface area contributed by atoms with E-state index in [1.165, 1.54) is 0 Å². The van der Waals surface area contributed by atoms with Gasteiger partial charge in [0.15, 0.2) is 5.78 Å². The molecule has 0 aliphatic heterocycles. The van der Waals surface area contributed by atoms with Crippen molar-refractivity contribution < 1.29 is 14.3 Å². The SMILES string of the molecule is CCOC(=O)[C@@H]1C[C@H](Br)[C@@H](Br)C1=O. The molecule has 0 saturated heterocycles. The molecule has 0 unspecified atom stereocenters. The smallest absolute Gasteiger partial charge is 0.316 e. The number of hydrogen-bond acceptors (Lipinski definition) is 3. The molecule has 1 fully saturated rings. The van der Waals surface area contributed by atoms with Crippen LogP contribution in [-0.2, 0) is 14.3 Å². The lowest BCUT2D eigenvalue weighted by atomic mass is 10.1. The molecular formula is C8H10Br2O3. The zero-order valence-electron chi connectivity index (χ0n) is 7.13. The van der Waals surface area contributed by atoms with Crippen molar-refractivity contribution in [2.75, 3.05) is 6.61 Å². The van der Waals surface area contributed by atoms with Crippen LogP contribution in [0.4, 0.5) is 0 Å². The van der Waals surface area contributed by atoms with Gasteiger partial charge in [-0.05, 0) is 13.3 Å². The second-order valence-electron chi connectivity index (χ2n) is 2.86. The summed E-state index contributed by atoms with van der Waals surface area (Å²) in [6, 6.07) is 0. The van der Waals surface area contributed by atoms with Crippen LogP contribution in [0.3, 0.4) is 0 Å². The minimum absolute atomic E-state index is 0.0365. The van der Waals surface area contributed by atoms with Crippen molar-refractivity contribution in [1.82, 2.24) is 0 Å². The van der Waals surface area contributed by atoms with Crippen LogP contribution in [-0.4, -0.2) is 28.0 Å². The predicted molar refractivity (Wildman–Crippen MR) is 55.2 cm³/mol. The lowest BCUT2D eigenvalue weighted by Gasteiger charge is -2.06. The van der Waals surface area contributed by atoms with Gasteiger partial charge in [-0.1, -0.05) is 31.9 Å². The summed E-state index contributed by atoms with van der Waals surface area (Å²) in [7, 11) is 0. The van der Waals surface area contributed by atoms with Gasteiger partial charge in [0.05, 0.1) is 11.4 Å². The summed E-state index contributed by atoms with van der Waals surface area (Å²) in [6.45, 7) is 2.05. The summed E-state index contributed by atoms with van der Waals surface area (Å²) in [4.78, 5) is 22.5. The number of Topliss-reactive ketones (excluding diaryl/α,β-unsaturated/α-hetero) is 1. The predicted octanol–water partition coefficient (Wildman–Crippen LogP) is 1.67. The number of carbonyl (C=O) groups excluding carboxylic acids is 2. The van der Waals surface area contributed by atoms with E-state index >= 15 is 0 Å². The van der Waals surface area contributed by atoms with Gasteiger partial charge in [-0.2, -0.15) is 0 Å². The van der Waals surface area contributed by atoms with E-state index in [1.807, 2.05) is 0 Å². The van der Waals surface area contributed by atoms with Gasteiger partial charge in [0, 0.05) is 4.83 Å². The number of esters is 1. The fraction of sp³-hybridized carbons (Fsp3) is 0.750. The zero-order chi connectivity index (χ0) is 10.0. The Labute approximate surface area is 93.5 Å². The average Bonchev–Trinajstić information content (AvgIpc) is 2.33. The van der Waals surface area contributed by atoms with E-state index in [-0.39, 0.29) is 15.4 Å². The molecule has 0 spiro atoms. The summed E-state index contributed by atoms with van der Waals surface area (Å²) in [5.74, 6) is -1.08. The van der Waals surface area contributed by atoms with Crippen LogP contribution in [0.5, 0.6) is 0 Å². The van der Waals surface area contributed by atoms with Crippen LogP contribution in [0.1, 0.15) is 13.3 Å². The van der Waals surface area contributed by atoms with E-state index in [0.717, 1.165) is 0 Å². The Hall–Kier alpha value is 0.1000. The highest BCUT2D eigenvalue weighted by atomic mass is 79.9. The quantitative estimate of drug-likeness (QED) is 0.442. The van der Waals surface area contributed by atoms with Gasteiger partial charge in [0.2, 0.25) is 0 Å². The summed E-state index contributed by atoms with van der Waals surface area (Å²) in [5, 5.41) is 0. The van der Waals surface area contributed by atoms with E-state index in [4.69, 9.17) is 4.74 Å². The van der Waals surface area contributed by atoms with Crippen LogP contribution >= 0.6 is 31.9 Å². The highest BCUT2D eigenvalue weighted by molar-refractivity contribution is 9.12. The highest BCUT2D eigenvalue weighted by Crippen LogP contribution is 2.33. The number of rotatable bonds is 2. The van der Waals surface area contributed by atoms with Gasteiger partial charge in [0.25, 0.3) is 0 Å². The molecule has 0 heterocycles. The first-order valence-corrected chi connectivity index (χ1v) is 5.89. The average molecular weight is 314 g/mol. The number of hydrogen-bond donors (Lipinski definition) is 0. The van der Waals surface area contributed by atoms with Crippen LogP contribution < -0.4 is 0 Å². The van der Waals surface area contributed by atoms with E-state index < -0.39 is 11.9 Å². The van der Waals surface area contributed by atoms with Gasteiger partial charge in [-0.25, -0.2) is 0 Å². The first kappa shape index (κ1) is 11.2. The monoisotopic (exact) mass is 312 g/mol. The first-order chi connectivity index (χ1) is 6.07. The zero-order valence-corrected chi connectivity index (χ0v) is 10.3. The molecule has 0 bridgehead atoms. The molecule has 0 aromatic rings. The van der Waals surface area contributed by atoms with Crippen molar-refractivity contribution >= 4 is 43.6 Å². The molecule has 0 amide bonds. The third kappa shape index (κ3) is 2.31.